The summed E-state index contributed by atoms with van der Waals surface area (Å²) in [5, 5.41) is 3.26. The van der Waals surface area contributed by atoms with Crippen LogP contribution in [0.4, 0.5) is 0 Å². The van der Waals surface area contributed by atoms with Crippen molar-refractivity contribution in [2.45, 2.75) is 26.2 Å². The molecule has 1 N–H and O–H groups in total. The monoisotopic (exact) mass is 303 g/mol. The van der Waals surface area contributed by atoms with E-state index in [0.29, 0.717) is 39.6 Å². The molecule has 1 saturated heterocycles. The van der Waals surface area contributed by atoms with Crippen molar-refractivity contribution in [3.63, 3.8) is 0 Å². The van der Waals surface area contributed by atoms with Crippen LogP contribution in [0, 0.1) is 5.41 Å². The topological polar surface area (TPSA) is 66.0 Å². The highest BCUT2D eigenvalue weighted by Gasteiger charge is 2.41. The molecule has 0 aromatic rings. The third-order valence-corrected chi connectivity index (χ3v) is 3.67. The van der Waals surface area contributed by atoms with Gasteiger partial charge in [0, 0.05) is 13.7 Å². The van der Waals surface area contributed by atoms with Crippen LogP contribution in [-0.2, 0) is 23.7 Å². The number of esters is 1. The normalized spacial score (nSPS) is 21.6. The molecule has 0 aromatic heterocycles. The van der Waals surface area contributed by atoms with E-state index in [2.05, 4.69) is 12.2 Å². The number of hydrogen-bond donors (Lipinski definition) is 1. The molecular weight excluding hydrogens is 274 g/mol. The highest BCUT2D eigenvalue weighted by Crippen LogP contribution is 2.32. The van der Waals surface area contributed by atoms with Crippen molar-refractivity contribution in [3.8, 4) is 0 Å². The zero-order valence-electron chi connectivity index (χ0n) is 13.3. The molecule has 0 amide bonds. The summed E-state index contributed by atoms with van der Waals surface area (Å²) in [6.07, 6.45) is 2.74. The first-order valence-electron chi connectivity index (χ1n) is 7.77. The van der Waals surface area contributed by atoms with Gasteiger partial charge >= 0.3 is 5.97 Å². The number of nitrogens with one attached hydrogen (secondary N) is 1. The zero-order valence-corrected chi connectivity index (χ0v) is 13.3. The van der Waals surface area contributed by atoms with Gasteiger partial charge in [-0.05, 0) is 19.4 Å². The highest BCUT2D eigenvalue weighted by molar-refractivity contribution is 5.77. The van der Waals surface area contributed by atoms with E-state index in [1.165, 1.54) is 0 Å². The van der Waals surface area contributed by atoms with Crippen molar-refractivity contribution in [3.05, 3.63) is 0 Å². The summed E-state index contributed by atoms with van der Waals surface area (Å²) >= 11 is 0. The molecule has 1 aliphatic rings. The van der Waals surface area contributed by atoms with E-state index in [9.17, 15) is 4.79 Å². The Labute approximate surface area is 127 Å². The quantitative estimate of drug-likeness (QED) is 0.428. The second-order valence-corrected chi connectivity index (χ2v) is 5.31. The molecule has 1 aliphatic heterocycles. The summed E-state index contributed by atoms with van der Waals surface area (Å²) in [6, 6.07) is 0. The fraction of sp³-hybridized carbons (Fsp3) is 0.933. The van der Waals surface area contributed by atoms with Crippen LogP contribution in [0.5, 0.6) is 0 Å². The summed E-state index contributed by atoms with van der Waals surface area (Å²) in [5.41, 5.74) is -0.321. The van der Waals surface area contributed by atoms with Gasteiger partial charge in [-0.15, -0.1) is 0 Å². The summed E-state index contributed by atoms with van der Waals surface area (Å²) in [4.78, 5) is 12.2. The van der Waals surface area contributed by atoms with Crippen molar-refractivity contribution >= 4 is 5.97 Å². The number of rotatable bonds is 12. The first-order chi connectivity index (χ1) is 10.2. The van der Waals surface area contributed by atoms with Crippen LogP contribution in [0.2, 0.25) is 0 Å². The van der Waals surface area contributed by atoms with Gasteiger partial charge in [0.05, 0.1) is 38.4 Å². The minimum Gasteiger partial charge on any atom is -0.463 e. The lowest BCUT2D eigenvalue weighted by Gasteiger charge is -2.25. The standard InChI is InChI=1S/C15H29NO5/c1-3-4-15(5-6-16-13-15)14(17)21-12-11-20-10-9-19-8-7-18-2/h16H,3-13H2,1-2H3. The molecule has 1 rings (SSSR count). The lowest BCUT2D eigenvalue weighted by molar-refractivity contribution is -0.157. The predicted octanol–water partition coefficient (Wildman–Crippen LogP) is 0.989. The summed E-state index contributed by atoms with van der Waals surface area (Å²) in [7, 11) is 1.64. The van der Waals surface area contributed by atoms with E-state index in [4.69, 9.17) is 18.9 Å². The van der Waals surface area contributed by atoms with Crippen LogP contribution in [-0.4, -0.2) is 65.8 Å². The number of ether oxygens (including phenoxy) is 4. The Morgan fingerprint density at radius 1 is 1.10 bits per heavy atom. The van der Waals surface area contributed by atoms with Gasteiger partial charge in [0.25, 0.3) is 0 Å². The van der Waals surface area contributed by atoms with Gasteiger partial charge in [-0.1, -0.05) is 13.3 Å². The van der Waals surface area contributed by atoms with Crippen LogP contribution in [0.1, 0.15) is 26.2 Å². The van der Waals surface area contributed by atoms with Crippen LogP contribution >= 0.6 is 0 Å². The average molecular weight is 303 g/mol. The molecule has 124 valence electrons. The molecule has 0 radical (unpaired) electrons. The number of carbonyl (C=O) groups excluding carboxylic acids is 1. The van der Waals surface area contributed by atoms with Gasteiger partial charge in [-0.2, -0.15) is 0 Å². The Kier molecular flexibility index (Phi) is 9.58. The average Bonchev–Trinajstić information content (AvgIpc) is 2.95. The van der Waals surface area contributed by atoms with Crippen molar-refractivity contribution in [2.24, 2.45) is 5.41 Å². The SMILES string of the molecule is CCCC1(C(=O)OCCOCCOCCOC)CCNC1. The second kappa shape index (κ2) is 11.0. The van der Waals surface area contributed by atoms with Gasteiger partial charge in [0.2, 0.25) is 0 Å². The van der Waals surface area contributed by atoms with E-state index >= 15 is 0 Å². The zero-order chi connectivity index (χ0) is 15.4. The molecule has 21 heavy (non-hydrogen) atoms. The molecule has 0 spiro atoms. The minimum atomic E-state index is -0.321. The van der Waals surface area contributed by atoms with Crippen molar-refractivity contribution in [2.75, 3.05) is 59.8 Å². The molecule has 0 saturated carbocycles. The summed E-state index contributed by atoms with van der Waals surface area (Å²) < 4.78 is 20.9. The fourth-order valence-corrected chi connectivity index (χ4v) is 2.52. The van der Waals surface area contributed by atoms with Gasteiger partial charge in [-0.3, -0.25) is 4.79 Å². The molecule has 1 atom stereocenters. The molecule has 1 unspecified atom stereocenters. The molecule has 0 aromatic carbocycles. The maximum atomic E-state index is 12.2. The molecule has 1 heterocycles. The Balaban J connectivity index is 2.05. The minimum absolute atomic E-state index is 0.0886. The summed E-state index contributed by atoms with van der Waals surface area (Å²) in [5.74, 6) is -0.0886. The van der Waals surface area contributed by atoms with E-state index in [1.54, 1.807) is 7.11 Å². The van der Waals surface area contributed by atoms with E-state index in [-0.39, 0.29) is 11.4 Å². The first kappa shape index (κ1) is 18.4. The Morgan fingerprint density at radius 2 is 1.76 bits per heavy atom. The van der Waals surface area contributed by atoms with Gasteiger partial charge in [0.15, 0.2) is 0 Å². The number of hydrogen-bond acceptors (Lipinski definition) is 6. The van der Waals surface area contributed by atoms with Gasteiger partial charge in [-0.25, -0.2) is 0 Å². The molecule has 6 nitrogen and oxygen atoms in total. The van der Waals surface area contributed by atoms with Gasteiger partial charge in [0.1, 0.15) is 6.61 Å². The van der Waals surface area contributed by atoms with E-state index in [1.807, 2.05) is 0 Å². The van der Waals surface area contributed by atoms with Crippen LogP contribution in [0.25, 0.3) is 0 Å². The van der Waals surface area contributed by atoms with Crippen molar-refractivity contribution in [1.82, 2.24) is 5.32 Å². The van der Waals surface area contributed by atoms with Crippen molar-refractivity contribution < 1.29 is 23.7 Å². The number of methoxy groups -OCH3 is 1. The van der Waals surface area contributed by atoms with E-state index in [0.717, 1.165) is 32.4 Å². The highest BCUT2D eigenvalue weighted by atomic mass is 16.6. The first-order valence-corrected chi connectivity index (χ1v) is 7.77. The third-order valence-electron chi connectivity index (χ3n) is 3.67. The van der Waals surface area contributed by atoms with Crippen LogP contribution in [0.15, 0.2) is 0 Å². The smallest absolute Gasteiger partial charge is 0.313 e. The van der Waals surface area contributed by atoms with Crippen LogP contribution in [0.3, 0.4) is 0 Å². The lowest BCUT2D eigenvalue weighted by atomic mass is 9.83. The second-order valence-electron chi connectivity index (χ2n) is 5.31. The fourth-order valence-electron chi connectivity index (χ4n) is 2.52. The molecule has 0 aliphatic carbocycles. The third kappa shape index (κ3) is 6.74. The predicted molar refractivity (Wildman–Crippen MR) is 79.3 cm³/mol. The molecule has 6 heteroatoms. The van der Waals surface area contributed by atoms with Crippen LogP contribution < -0.4 is 5.32 Å². The maximum Gasteiger partial charge on any atom is 0.313 e. The summed E-state index contributed by atoms with van der Waals surface area (Å²) in [6.45, 7) is 6.63. The largest absolute Gasteiger partial charge is 0.463 e. The lowest BCUT2D eigenvalue weighted by Crippen LogP contribution is -2.35. The maximum absolute atomic E-state index is 12.2. The van der Waals surface area contributed by atoms with Crippen molar-refractivity contribution in [1.29, 1.82) is 0 Å². The Hall–Kier alpha value is -0.690. The van der Waals surface area contributed by atoms with Gasteiger partial charge < -0.3 is 24.3 Å². The Bertz CT molecular complexity index is 279. The Morgan fingerprint density at radius 3 is 2.33 bits per heavy atom. The van der Waals surface area contributed by atoms with E-state index < -0.39 is 0 Å². The molecule has 0 bridgehead atoms. The molecule has 1 fully saturated rings. The molecular formula is C15H29NO5. The number of carbonyl (C=O) groups is 1.